The van der Waals surface area contributed by atoms with Crippen molar-refractivity contribution in [3.05, 3.63) is 35.6 Å². The molecule has 1 nitrogen and oxygen atoms in total. The molecule has 1 rings (SSSR count). The van der Waals surface area contributed by atoms with Crippen molar-refractivity contribution < 1.29 is 9.13 Å². The average Bonchev–Trinajstić information content (AvgIpc) is 1.88. The Morgan fingerprint density at radius 1 is 1.50 bits per heavy atom. The summed E-state index contributed by atoms with van der Waals surface area (Å²) < 4.78 is 17.8. The molecule has 0 aliphatic rings. The van der Waals surface area contributed by atoms with Gasteiger partial charge in [0.05, 0.1) is 0 Å². The van der Waals surface area contributed by atoms with Gasteiger partial charge in [-0.3, -0.25) is 0 Å². The average molecular weight is 204 g/mol. The first-order valence-electron chi connectivity index (χ1n) is 2.61. The Morgan fingerprint density at radius 3 is 2.70 bits per heavy atom. The number of halogens is 2. The van der Waals surface area contributed by atoms with E-state index in [9.17, 15) is 4.39 Å². The van der Waals surface area contributed by atoms with E-state index in [1.54, 1.807) is 6.07 Å². The van der Waals surface area contributed by atoms with E-state index >= 15 is 0 Å². The Hall–Kier alpha value is -0.570. The van der Waals surface area contributed by atoms with Crippen LogP contribution in [0, 0.1) is 12.9 Å². The van der Waals surface area contributed by atoms with Gasteiger partial charge in [-0.05, 0) is 18.2 Å². The minimum absolute atomic E-state index is 0.156. The summed E-state index contributed by atoms with van der Waals surface area (Å²) in [6.07, 6.45) is 0. The van der Waals surface area contributed by atoms with Gasteiger partial charge in [-0.15, -0.1) is 0 Å². The van der Waals surface area contributed by atoms with Crippen LogP contribution in [0.4, 0.5) is 4.39 Å². The Labute approximate surface area is 66.9 Å². The molecule has 0 heterocycles. The quantitative estimate of drug-likeness (QED) is 0.683. The molecule has 1 radical (unpaired) electrons. The molecule has 0 spiro atoms. The molecular formula is C7H5BrFO. The van der Waals surface area contributed by atoms with Crippen LogP contribution in [0.3, 0.4) is 0 Å². The van der Waals surface area contributed by atoms with E-state index in [0.717, 1.165) is 0 Å². The van der Waals surface area contributed by atoms with E-state index in [-0.39, 0.29) is 5.75 Å². The number of hydrogen-bond acceptors (Lipinski definition) is 1. The Morgan fingerprint density at radius 2 is 2.20 bits per heavy atom. The van der Waals surface area contributed by atoms with Gasteiger partial charge in [0.2, 0.25) is 0 Å². The van der Waals surface area contributed by atoms with Crippen LogP contribution in [-0.2, 0) is 0 Å². The van der Waals surface area contributed by atoms with Crippen LogP contribution in [-0.4, -0.2) is 0 Å². The van der Waals surface area contributed by atoms with Gasteiger partial charge in [0.25, 0.3) is 0 Å². The van der Waals surface area contributed by atoms with E-state index < -0.39 is 5.82 Å². The largest absolute Gasteiger partial charge is 0.487 e. The highest BCUT2D eigenvalue weighted by Crippen LogP contribution is 2.20. The zero-order valence-corrected chi connectivity index (χ0v) is 6.69. The minimum atomic E-state index is -0.413. The van der Waals surface area contributed by atoms with E-state index in [1.165, 1.54) is 12.1 Å². The van der Waals surface area contributed by atoms with E-state index in [4.69, 9.17) is 0 Å². The highest BCUT2D eigenvalue weighted by Gasteiger charge is 1.99. The van der Waals surface area contributed by atoms with Gasteiger partial charge in [0, 0.05) is 4.47 Å². The highest BCUT2D eigenvalue weighted by atomic mass is 79.9. The lowest BCUT2D eigenvalue weighted by Crippen LogP contribution is -1.83. The molecule has 0 aliphatic carbocycles. The van der Waals surface area contributed by atoms with Crippen LogP contribution in [0.15, 0.2) is 22.7 Å². The zero-order chi connectivity index (χ0) is 7.56. The Kier molecular flexibility index (Phi) is 2.27. The summed E-state index contributed by atoms with van der Waals surface area (Å²) in [6, 6.07) is 4.51. The van der Waals surface area contributed by atoms with E-state index in [2.05, 4.69) is 27.8 Å². The summed E-state index contributed by atoms with van der Waals surface area (Å²) in [4.78, 5) is 0. The Balaban J connectivity index is 3.07. The smallest absolute Gasteiger partial charge is 0.166 e. The van der Waals surface area contributed by atoms with Crippen molar-refractivity contribution in [2.75, 3.05) is 0 Å². The van der Waals surface area contributed by atoms with Crippen molar-refractivity contribution in [2.24, 2.45) is 0 Å². The van der Waals surface area contributed by atoms with Crippen LogP contribution >= 0.6 is 15.9 Å². The van der Waals surface area contributed by atoms with Crippen LogP contribution in [0.5, 0.6) is 5.75 Å². The standard InChI is InChI=1S/C7H5BrFO/c1-10-7-3-2-5(8)4-6(7)9/h2-4H,1H2. The maximum atomic E-state index is 12.7. The predicted molar refractivity (Wildman–Crippen MR) is 40.1 cm³/mol. The number of rotatable bonds is 1. The maximum Gasteiger partial charge on any atom is 0.166 e. The third kappa shape index (κ3) is 1.48. The highest BCUT2D eigenvalue weighted by molar-refractivity contribution is 9.10. The fraction of sp³-hybridized carbons (Fsp3) is 0. The van der Waals surface area contributed by atoms with Crippen LogP contribution < -0.4 is 4.74 Å². The monoisotopic (exact) mass is 203 g/mol. The molecule has 0 bridgehead atoms. The van der Waals surface area contributed by atoms with Gasteiger partial charge in [-0.2, -0.15) is 0 Å². The lowest BCUT2D eigenvalue weighted by atomic mass is 10.3. The minimum Gasteiger partial charge on any atom is -0.487 e. The first kappa shape index (κ1) is 7.54. The topological polar surface area (TPSA) is 9.23 Å². The van der Waals surface area contributed by atoms with Gasteiger partial charge < -0.3 is 4.74 Å². The molecule has 10 heavy (non-hydrogen) atoms. The summed E-state index contributed by atoms with van der Waals surface area (Å²) >= 11 is 3.11. The molecule has 1 aromatic carbocycles. The molecule has 53 valence electrons. The summed E-state index contributed by atoms with van der Waals surface area (Å²) in [7, 11) is 3.09. The summed E-state index contributed by atoms with van der Waals surface area (Å²) in [5, 5.41) is 0. The SMILES string of the molecule is [CH2]Oc1ccc(Br)cc1F. The second-order valence-electron chi connectivity index (χ2n) is 1.72. The van der Waals surface area contributed by atoms with E-state index in [0.29, 0.717) is 4.47 Å². The molecule has 0 saturated carbocycles. The summed E-state index contributed by atoms with van der Waals surface area (Å²) in [5.74, 6) is -0.257. The summed E-state index contributed by atoms with van der Waals surface area (Å²) in [5.41, 5.74) is 0. The maximum absolute atomic E-state index is 12.7. The van der Waals surface area contributed by atoms with Crippen LogP contribution in [0.25, 0.3) is 0 Å². The van der Waals surface area contributed by atoms with Crippen molar-refractivity contribution >= 4 is 15.9 Å². The van der Waals surface area contributed by atoms with Crippen molar-refractivity contribution in [1.82, 2.24) is 0 Å². The molecule has 0 N–H and O–H groups in total. The van der Waals surface area contributed by atoms with Crippen molar-refractivity contribution in [1.29, 1.82) is 0 Å². The Bertz CT molecular complexity index is 237. The second-order valence-corrected chi connectivity index (χ2v) is 2.63. The molecule has 0 atom stereocenters. The van der Waals surface area contributed by atoms with Gasteiger partial charge >= 0.3 is 0 Å². The molecule has 3 heteroatoms. The molecule has 0 amide bonds. The molecule has 0 unspecified atom stereocenters. The fourth-order valence-electron chi connectivity index (χ4n) is 0.592. The van der Waals surface area contributed by atoms with Crippen molar-refractivity contribution in [3.8, 4) is 5.75 Å². The van der Waals surface area contributed by atoms with Crippen LogP contribution in [0.2, 0.25) is 0 Å². The fourth-order valence-corrected chi connectivity index (χ4v) is 0.925. The molecule has 0 saturated heterocycles. The lowest BCUT2D eigenvalue weighted by Gasteiger charge is -1.99. The van der Waals surface area contributed by atoms with Crippen LogP contribution in [0.1, 0.15) is 0 Å². The van der Waals surface area contributed by atoms with Crippen molar-refractivity contribution in [2.45, 2.75) is 0 Å². The predicted octanol–water partition coefficient (Wildman–Crippen LogP) is 2.76. The number of benzene rings is 1. The normalized spacial score (nSPS) is 9.50. The zero-order valence-electron chi connectivity index (χ0n) is 5.10. The van der Waals surface area contributed by atoms with Gasteiger partial charge in [0.15, 0.2) is 11.6 Å². The molecule has 1 aromatic rings. The lowest BCUT2D eigenvalue weighted by molar-refractivity contribution is 0.434. The summed E-state index contributed by atoms with van der Waals surface area (Å²) in [6.45, 7) is 0. The molecular weight excluding hydrogens is 199 g/mol. The number of hydrogen-bond donors (Lipinski definition) is 0. The van der Waals surface area contributed by atoms with Crippen molar-refractivity contribution in [3.63, 3.8) is 0 Å². The van der Waals surface area contributed by atoms with E-state index in [1.807, 2.05) is 0 Å². The third-order valence-electron chi connectivity index (χ3n) is 1.05. The first-order chi connectivity index (χ1) is 4.74. The number of ether oxygens (including phenoxy) is 1. The van der Waals surface area contributed by atoms with Gasteiger partial charge in [-0.1, -0.05) is 15.9 Å². The molecule has 0 fully saturated rings. The second kappa shape index (κ2) is 3.01. The molecule has 0 aromatic heterocycles. The van der Waals surface area contributed by atoms with Gasteiger partial charge in [0.1, 0.15) is 7.11 Å². The third-order valence-corrected chi connectivity index (χ3v) is 1.54. The first-order valence-corrected chi connectivity index (χ1v) is 3.40. The van der Waals surface area contributed by atoms with Gasteiger partial charge in [-0.25, -0.2) is 4.39 Å². The molecule has 0 aliphatic heterocycles.